The van der Waals surface area contributed by atoms with E-state index in [1.165, 1.54) is 29.4 Å². The maximum Gasteiger partial charge on any atom is 0.127 e. The number of benzene rings is 1. The minimum absolute atomic E-state index is 0.176. The monoisotopic (exact) mass is 240 g/mol. The summed E-state index contributed by atoms with van der Waals surface area (Å²) in [5.41, 5.74) is 9.82. The Balaban J connectivity index is 2.17. The van der Waals surface area contributed by atoms with Crippen LogP contribution < -0.4 is 5.73 Å². The first-order chi connectivity index (χ1) is 8.45. The Morgan fingerprint density at radius 1 is 1.17 bits per heavy atom. The van der Waals surface area contributed by atoms with Gasteiger partial charge in [-0.05, 0) is 53.5 Å². The zero-order valence-electron chi connectivity index (χ0n) is 11.3. The smallest absolute Gasteiger partial charge is 0.127 e. The fraction of sp³-hybridized carbons (Fsp3) is 0.438. The number of nitrogens with two attached hydrogens (primary N) is 1. The van der Waals surface area contributed by atoms with Crippen LogP contribution in [0.1, 0.15) is 50.7 Å². The highest BCUT2D eigenvalue weighted by molar-refractivity contribution is 5.82. The first kappa shape index (κ1) is 11.5. The molecule has 1 aromatic heterocycles. The number of nitrogens with zero attached hydrogens (tertiary/aromatic N) is 1. The van der Waals surface area contributed by atoms with Crippen LogP contribution in [0.3, 0.4) is 0 Å². The molecule has 0 spiro atoms. The standard InChI is InChI=1S/C16H20N2/c1-16(2,3)12-6-7-14-11(8-12)9-13(10-4-5-10)15(17)18-14/h6-10H,4-5H2,1-3H3,(H2,17,18). The molecule has 1 aliphatic rings. The van der Waals surface area contributed by atoms with Crippen LogP contribution in [-0.2, 0) is 5.41 Å². The van der Waals surface area contributed by atoms with Crippen molar-refractivity contribution in [1.29, 1.82) is 0 Å². The molecule has 2 N–H and O–H groups in total. The van der Waals surface area contributed by atoms with Crippen LogP contribution in [0.5, 0.6) is 0 Å². The molecule has 0 amide bonds. The van der Waals surface area contributed by atoms with Crippen molar-refractivity contribution < 1.29 is 0 Å². The summed E-state index contributed by atoms with van der Waals surface area (Å²) in [5, 5.41) is 1.22. The van der Waals surface area contributed by atoms with Crippen molar-refractivity contribution in [3.05, 3.63) is 35.4 Å². The highest BCUT2D eigenvalue weighted by atomic mass is 14.8. The van der Waals surface area contributed by atoms with Crippen LogP contribution in [0, 0.1) is 0 Å². The number of pyridine rings is 1. The highest BCUT2D eigenvalue weighted by Crippen LogP contribution is 2.43. The molecule has 0 saturated heterocycles. The van der Waals surface area contributed by atoms with Crippen LogP contribution in [0.25, 0.3) is 10.9 Å². The third kappa shape index (κ3) is 1.96. The molecule has 0 radical (unpaired) electrons. The summed E-state index contributed by atoms with van der Waals surface area (Å²) in [6.07, 6.45) is 2.52. The Morgan fingerprint density at radius 3 is 2.50 bits per heavy atom. The fourth-order valence-electron chi connectivity index (χ4n) is 2.40. The average Bonchev–Trinajstić information content (AvgIpc) is 3.10. The molecule has 1 heterocycles. The second-order valence-corrected chi connectivity index (χ2v) is 6.39. The maximum absolute atomic E-state index is 6.04. The van der Waals surface area contributed by atoms with E-state index in [4.69, 9.17) is 5.73 Å². The Morgan fingerprint density at radius 2 is 1.89 bits per heavy atom. The van der Waals surface area contributed by atoms with Gasteiger partial charge in [0.05, 0.1) is 5.52 Å². The van der Waals surface area contributed by atoms with Gasteiger partial charge in [0.25, 0.3) is 0 Å². The molecule has 3 rings (SSSR count). The van der Waals surface area contributed by atoms with Gasteiger partial charge in [-0.15, -0.1) is 0 Å². The SMILES string of the molecule is CC(C)(C)c1ccc2nc(N)c(C3CC3)cc2c1. The molecule has 0 aliphatic heterocycles. The van der Waals surface area contributed by atoms with E-state index in [2.05, 4.69) is 50.0 Å². The molecule has 2 aromatic rings. The highest BCUT2D eigenvalue weighted by Gasteiger charge is 2.26. The van der Waals surface area contributed by atoms with Gasteiger partial charge in [-0.1, -0.05) is 26.8 Å². The summed E-state index contributed by atoms with van der Waals surface area (Å²) in [5.74, 6) is 1.37. The molecule has 0 atom stereocenters. The summed E-state index contributed by atoms with van der Waals surface area (Å²) >= 11 is 0. The number of aromatic nitrogens is 1. The Kier molecular flexibility index (Phi) is 2.37. The van der Waals surface area contributed by atoms with Crippen LogP contribution in [0.4, 0.5) is 5.82 Å². The van der Waals surface area contributed by atoms with Gasteiger partial charge >= 0.3 is 0 Å². The number of rotatable bonds is 1. The second kappa shape index (κ2) is 3.71. The minimum atomic E-state index is 0.176. The molecule has 1 fully saturated rings. The maximum atomic E-state index is 6.04. The predicted octanol–water partition coefficient (Wildman–Crippen LogP) is 3.99. The first-order valence-electron chi connectivity index (χ1n) is 6.66. The second-order valence-electron chi connectivity index (χ2n) is 6.39. The van der Waals surface area contributed by atoms with Gasteiger partial charge in [0.15, 0.2) is 0 Å². The molecule has 0 unspecified atom stereocenters. The van der Waals surface area contributed by atoms with E-state index in [0.717, 1.165) is 5.52 Å². The number of hydrogen-bond donors (Lipinski definition) is 1. The first-order valence-corrected chi connectivity index (χ1v) is 6.66. The number of anilines is 1. The lowest BCUT2D eigenvalue weighted by Crippen LogP contribution is -2.10. The van der Waals surface area contributed by atoms with E-state index in [1.807, 2.05) is 0 Å². The minimum Gasteiger partial charge on any atom is -0.383 e. The van der Waals surface area contributed by atoms with Crippen molar-refractivity contribution in [2.75, 3.05) is 5.73 Å². The van der Waals surface area contributed by atoms with Crippen LogP contribution in [-0.4, -0.2) is 4.98 Å². The summed E-state index contributed by atoms with van der Waals surface area (Å²) in [7, 11) is 0. The van der Waals surface area contributed by atoms with E-state index < -0.39 is 0 Å². The van der Waals surface area contributed by atoms with Crippen molar-refractivity contribution in [1.82, 2.24) is 4.98 Å². The Bertz CT molecular complexity index is 604. The lowest BCUT2D eigenvalue weighted by Gasteiger charge is -2.19. The van der Waals surface area contributed by atoms with E-state index >= 15 is 0 Å². The lowest BCUT2D eigenvalue weighted by atomic mass is 9.86. The third-order valence-corrected chi connectivity index (χ3v) is 3.76. The normalized spacial score (nSPS) is 16.2. The summed E-state index contributed by atoms with van der Waals surface area (Å²) < 4.78 is 0. The van der Waals surface area contributed by atoms with Gasteiger partial charge in [0.1, 0.15) is 5.82 Å². The van der Waals surface area contributed by atoms with Crippen molar-refractivity contribution in [2.24, 2.45) is 0 Å². The van der Waals surface area contributed by atoms with Crippen LogP contribution >= 0.6 is 0 Å². The van der Waals surface area contributed by atoms with Crippen LogP contribution in [0.2, 0.25) is 0 Å². The van der Waals surface area contributed by atoms with E-state index in [-0.39, 0.29) is 5.41 Å². The summed E-state index contributed by atoms with van der Waals surface area (Å²) in [6, 6.07) is 8.74. The van der Waals surface area contributed by atoms with Gasteiger partial charge < -0.3 is 5.73 Å². The molecule has 1 aromatic carbocycles. The predicted molar refractivity (Wildman–Crippen MR) is 76.8 cm³/mol. The van der Waals surface area contributed by atoms with Crippen LogP contribution in [0.15, 0.2) is 24.3 Å². The molecule has 0 bridgehead atoms. The molecule has 1 saturated carbocycles. The zero-order chi connectivity index (χ0) is 12.9. The van der Waals surface area contributed by atoms with Gasteiger partial charge in [-0.25, -0.2) is 4.98 Å². The zero-order valence-corrected chi connectivity index (χ0v) is 11.3. The van der Waals surface area contributed by atoms with E-state index in [9.17, 15) is 0 Å². The third-order valence-electron chi connectivity index (χ3n) is 3.76. The molecule has 18 heavy (non-hydrogen) atoms. The van der Waals surface area contributed by atoms with Crippen molar-refractivity contribution >= 4 is 16.7 Å². The molecule has 1 aliphatic carbocycles. The molecule has 94 valence electrons. The van der Waals surface area contributed by atoms with Crippen molar-refractivity contribution in [3.63, 3.8) is 0 Å². The van der Waals surface area contributed by atoms with Crippen molar-refractivity contribution in [2.45, 2.75) is 44.9 Å². The van der Waals surface area contributed by atoms with Gasteiger partial charge in [0, 0.05) is 5.39 Å². The van der Waals surface area contributed by atoms with Gasteiger partial charge in [-0.3, -0.25) is 0 Å². The van der Waals surface area contributed by atoms with Crippen molar-refractivity contribution in [3.8, 4) is 0 Å². The lowest BCUT2D eigenvalue weighted by molar-refractivity contribution is 0.591. The topological polar surface area (TPSA) is 38.9 Å². The average molecular weight is 240 g/mol. The summed E-state index contributed by atoms with van der Waals surface area (Å²) in [6.45, 7) is 6.71. The Labute approximate surface area is 108 Å². The van der Waals surface area contributed by atoms with Gasteiger partial charge in [-0.2, -0.15) is 0 Å². The molecular formula is C16H20N2. The Hall–Kier alpha value is -1.57. The molecular weight excluding hydrogens is 220 g/mol. The largest absolute Gasteiger partial charge is 0.383 e. The molecule has 2 nitrogen and oxygen atoms in total. The van der Waals surface area contributed by atoms with Gasteiger partial charge in [0.2, 0.25) is 0 Å². The summed E-state index contributed by atoms with van der Waals surface area (Å²) in [4.78, 5) is 4.54. The van der Waals surface area contributed by atoms with E-state index in [1.54, 1.807) is 0 Å². The van der Waals surface area contributed by atoms with E-state index in [0.29, 0.717) is 11.7 Å². The molecule has 2 heteroatoms. The fourth-order valence-corrected chi connectivity index (χ4v) is 2.40. The number of nitrogen functional groups attached to an aromatic ring is 1. The quantitative estimate of drug-likeness (QED) is 0.818. The number of fused-ring (bicyclic) bond motifs is 1. The number of hydrogen-bond acceptors (Lipinski definition) is 2.